The van der Waals surface area contributed by atoms with Crippen molar-refractivity contribution in [3.05, 3.63) is 24.0 Å². The predicted octanol–water partition coefficient (Wildman–Crippen LogP) is 2.44. The standard InChI is InChI=1S/C14H19N3O/c1-9(6-7-18)17-13-5-4-11(15)8-12(13)16-14(17)10-2-3-10/h4-5,8-10,18H,2-3,6-7,15H2,1H3. The molecule has 0 bridgehead atoms. The van der Waals surface area contributed by atoms with Gasteiger partial charge in [0.15, 0.2) is 0 Å². The first-order valence-electron chi connectivity index (χ1n) is 6.59. The Balaban J connectivity index is 2.15. The van der Waals surface area contributed by atoms with Gasteiger partial charge in [-0.05, 0) is 44.4 Å². The van der Waals surface area contributed by atoms with E-state index in [1.54, 1.807) is 0 Å². The SMILES string of the molecule is CC(CCO)n1c(C2CC2)nc2cc(N)ccc21. The highest BCUT2D eigenvalue weighted by atomic mass is 16.3. The molecule has 4 heteroatoms. The van der Waals surface area contributed by atoms with Gasteiger partial charge in [0.2, 0.25) is 0 Å². The Morgan fingerprint density at radius 2 is 2.28 bits per heavy atom. The van der Waals surface area contributed by atoms with Crippen molar-refractivity contribution in [2.45, 2.75) is 38.1 Å². The van der Waals surface area contributed by atoms with Gasteiger partial charge in [-0.3, -0.25) is 0 Å². The Kier molecular flexibility index (Phi) is 2.74. The molecule has 1 saturated carbocycles. The van der Waals surface area contributed by atoms with Crippen LogP contribution in [-0.4, -0.2) is 21.3 Å². The molecule has 0 saturated heterocycles. The molecule has 3 rings (SSSR count). The van der Waals surface area contributed by atoms with Gasteiger partial charge in [-0.2, -0.15) is 0 Å². The molecule has 1 aliphatic carbocycles. The minimum Gasteiger partial charge on any atom is -0.399 e. The van der Waals surface area contributed by atoms with Crippen LogP contribution in [0.15, 0.2) is 18.2 Å². The molecule has 18 heavy (non-hydrogen) atoms. The molecule has 1 fully saturated rings. The average molecular weight is 245 g/mol. The molecular formula is C14H19N3O. The zero-order chi connectivity index (χ0) is 12.7. The number of anilines is 1. The normalized spacial score (nSPS) is 17.2. The summed E-state index contributed by atoms with van der Waals surface area (Å²) in [5.74, 6) is 1.76. The predicted molar refractivity (Wildman–Crippen MR) is 72.5 cm³/mol. The van der Waals surface area contributed by atoms with Gasteiger partial charge < -0.3 is 15.4 Å². The van der Waals surface area contributed by atoms with Gasteiger partial charge in [-0.1, -0.05) is 0 Å². The molecule has 1 aliphatic rings. The van der Waals surface area contributed by atoms with Gasteiger partial charge in [-0.15, -0.1) is 0 Å². The van der Waals surface area contributed by atoms with Crippen LogP contribution in [0, 0.1) is 0 Å². The fourth-order valence-electron chi connectivity index (χ4n) is 2.54. The topological polar surface area (TPSA) is 64.1 Å². The molecule has 0 spiro atoms. The van der Waals surface area contributed by atoms with Crippen LogP contribution in [0.4, 0.5) is 5.69 Å². The largest absolute Gasteiger partial charge is 0.399 e. The molecule has 3 N–H and O–H groups in total. The van der Waals surface area contributed by atoms with Crippen LogP contribution < -0.4 is 5.73 Å². The maximum Gasteiger partial charge on any atom is 0.113 e. The summed E-state index contributed by atoms with van der Waals surface area (Å²) in [6, 6.07) is 6.17. The molecule has 0 aliphatic heterocycles. The van der Waals surface area contributed by atoms with E-state index in [2.05, 4.69) is 11.5 Å². The van der Waals surface area contributed by atoms with Crippen molar-refractivity contribution in [1.82, 2.24) is 9.55 Å². The molecule has 1 aromatic heterocycles. The summed E-state index contributed by atoms with van der Waals surface area (Å²) < 4.78 is 2.28. The monoisotopic (exact) mass is 245 g/mol. The Morgan fingerprint density at radius 1 is 1.50 bits per heavy atom. The number of aromatic nitrogens is 2. The van der Waals surface area contributed by atoms with E-state index in [0.29, 0.717) is 5.92 Å². The lowest BCUT2D eigenvalue weighted by Crippen LogP contribution is -2.10. The number of aliphatic hydroxyl groups excluding tert-OH is 1. The van der Waals surface area contributed by atoms with Gasteiger partial charge in [0.25, 0.3) is 0 Å². The number of nitrogen functional groups attached to an aromatic ring is 1. The molecule has 1 atom stereocenters. The molecule has 0 amide bonds. The van der Waals surface area contributed by atoms with E-state index in [4.69, 9.17) is 15.8 Å². The van der Waals surface area contributed by atoms with Crippen molar-refractivity contribution in [2.75, 3.05) is 12.3 Å². The Labute approximate surface area is 106 Å². The van der Waals surface area contributed by atoms with Crippen molar-refractivity contribution >= 4 is 16.7 Å². The van der Waals surface area contributed by atoms with Gasteiger partial charge in [-0.25, -0.2) is 4.98 Å². The van der Waals surface area contributed by atoms with Crippen molar-refractivity contribution in [1.29, 1.82) is 0 Å². The Hall–Kier alpha value is -1.55. The van der Waals surface area contributed by atoms with Crippen LogP contribution >= 0.6 is 0 Å². The summed E-state index contributed by atoms with van der Waals surface area (Å²) in [5.41, 5.74) is 8.68. The highest BCUT2D eigenvalue weighted by Crippen LogP contribution is 2.42. The third-order valence-corrected chi connectivity index (χ3v) is 3.67. The minimum absolute atomic E-state index is 0.208. The number of fused-ring (bicyclic) bond motifs is 1. The molecule has 1 heterocycles. The molecule has 1 unspecified atom stereocenters. The summed E-state index contributed by atoms with van der Waals surface area (Å²) >= 11 is 0. The number of nitrogens with zero attached hydrogens (tertiary/aromatic N) is 2. The first-order chi connectivity index (χ1) is 8.70. The molecule has 4 nitrogen and oxygen atoms in total. The van der Waals surface area contributed by atoms with Gasteiger partial charge in [0, 0.05) is 24.3 Å². The smallest absolute Gasteiger partial charge is 0.113 e. The first kappa shape index (κ1) is 11.5. The second-order valence-corrected chi connectivity index (χ2v) is 5.22. The van der Waals surface area contributed by atoms with Crippen molar-refractivity contribution in [3.63, 3.8) is 0 Å². The maximum absolute atomic E-state index is 9.14. The Morgan fingerprint density at radius 3 is 2.94 bits per heavy atom. The van der Waals surface area contributed by atoms with E-state index >= 15 is 0 Å². The average Bonchev–Trinajstić information content (AvgIpc) is 3.10. The van der Waals surface area contributed by atoms with E-state index in [-0.39, 0.29) is 12.6 Å². The summed E-state index contributed by atoms with van der Waals surface area (Å²) in [6.07, 6.45) is 3.21. The number of rotatable bonds is 4. The summed E-state index contributed by atoms with van der Waals surface area (Å²) in [4.78, 5) is 4.74. The van der Waals surface area contributed by atoms with Gasteiger partial charge in [0.05, 0.1) is 11.0 Å². The zero-order valence-corrected chi connectivity index (χ0v) is 10.6. The summed E-state index contributed by atoms with van der Waals surface area (Å²) in [5, 5.41) is 9.14. The highest BCUT2D eigenvalue weighted by molar-refractivity contribution is 5.80. The molecule has 0 radical (unpaired) electrons. The van der Waals surface area contributed by atoms with Crippen LogP contribution in [0.3, 0.4) is 0 Å². The van der Waals surface area contributed by atoms with Crippen LogP contribution in [0.2, 0.25) is 0 Å². The lowest BCUT2D eigenvalue weighted by atomic mass is 10.2. The number of nitrogens with two attached hydrogens (primary N) is 1. The van der Waals surface area contributed by atoms with E-state index in [1.165, 1.54) is 12.8 Å². The summed E-state index contributed by atoms with van der Waals surface area (Å²) in [6.45, 7) is 2.35. The lowest BCUT2D eigenvalue weighted by Gasteiger charge is -2.16. The quantitative estimate of drug-likeness (QED) is 0.813. The van der Waals surface area contributed by atoms with E-state index in [9.17, 15) is 0 Å². The molecule has 2 aromatic rings. The van der Waals surface area contributed by atoms with Crippen molar-refractivity contribution in [3.8, 4) is 0 Å². The molecule has 1 aromatic carbocycles. The highest BCUT2D eigenvalue weighted by Gasteiger charge is 2.30. The summed E-state index contributed by atoms with van der Waals surface area (Å²) in [7, 11) is 0. The third kappa shape index (κ3) is 1.86. The van der Waals surface area contributed by atoms with E-state index < -0.39 is 0 Å². The number of benzene rings is 1. The van der Waals surface area contributed by atoms with Crippen LogP contribution in [0.1, 0.15) is 44.0 Å². The maximum atomic E-state index is 9.14. The van der Waals surface area contributed by atoms with Crippen LogP contribution in [0.5, 0.6) is 0 Å². The lowest BCUT2D eigenvalue weighted by molar-refractivity contribution is 0.263. The number of hydrogen-bond donors (Lipinski definition) is 2. The van der Waals surface area contributed by atoms with Crippen molar-refractivity contribution < 1.29 is 5.11 Å². The van der Waals surface area contributed by atoms with Gasteiger partial charge in [0.1, 0.15) is 5.82 Å². The van der Waals surface area contributed by atoms with Gasteiger partial charge >= 0.3 is 0 Å². The third-order valence-electron chi connectivity index (χ3n) is 3.67. The van der Waals surface area contributed by atoms with Crippen molar-refractivity contribution in [2.24, 2.45) is 0 Å². The zero-order valence-electron chi connectivity index (χ0n) is 10.6. The fourth-order valence-corrected chi connectivity index (χ4v) is 2.54. The van der Waals surface area contributed by atoms with Crippen LogP contribution in [-0.2, 0) is 0 Å². The number of hydrogen-bond acceptors (Lipinski definition) is 3. The molecular weight excluding hydrogens is 226 g/mol. The van der Waals surface area contributed by atoms with Crippen LogP contribution in [0.25, 0.3) is 11.0 Å². The minimum atomic E-state index is 0.208. The Bertz CT molecular complexity index is 572. The fraction of sp³-hybridized carbons (Fsp3) is 0.500. The van der Waals surface area contributed by atoms with E-state index in [0.717, 1.165) is 29.0 Å². The number of aliphatic hydroxyl groups is 1. The molecule has 96 valence electrons. The second kappa shape index (κ2) is 4.28. The number of imidazole rings is 1. The first-order valence-corrected chi connectivity index (χ1v) is 6.59. The second-order valence-electron chi connectivity index (χ2n) is 5.22. The van der Waals surface area contributed by atoms with E-state index in [1.807, 2.05) is 18.2 Å².